The monoisotopic (exact) mass is 288 g/mol. The number of carbonyl (C=O) groups is 1. The van der Waals surface area contributed by atoms with E-state index in [1.165, 1.54) is 18.4 Å². The number of nitrogens with one attached hydrogen (secondary N) is 1. The van der Waals surface area contributed by atoms with Gasteiger partial charge in [0.05, 0.1) is 0 Å². The number of aromatic nitrogens is 4. The average molecular weight is 289 g/mol. The molecule has 4 rings (SSSR count). The van der Waals surface area contributed by atoms with E-state index >= 15 is 0 Å². The topological polar surface area (TPSA) is 71.5 Å². The van der Waals surface area contributed by atoms with Gasteiger partial charge in [0.25, 0.3) is 0 Å². The van der Waals surface area contributed by atoms with E-state index in [4.69, 9.17) is 11.6 Å². The zero-order valence-electron chi connectivity index (χ0n) is 10.7. The Balaban J connectivity index is 1.53. The van der Waals surface area contributed by atoms with Gasteiger partial charge in [0.1, 0.15) is 0 Å². The van der Waals surface area contributed by atoms with Gasteiger partial charge in [0, 0.05) is 22.4 Å². The predicted octanol–water partition coefficient (Wildman–Crippen LogP) is 2.72. The number of hydrogen-bond donors (Lipinski definition) is 1. The largest absolute Gasteiger partial charge is 0.294 e. The molecule has 2 unspecified atom stereocenters. The zero-order valence-corrected chi connectivity index (χ0v) is 11.5. The lowest BCUT2D eigenvalue weighted by atomic mass is 10.0. The molecule has 2 aromatic rings. The Kier molecular flexibility index (Phi) is 2.63. The van der Waals surface area contributed by atoms with Gasteiger partial charge in [-0.15, -0.1) is 10.2 Å². The maximum absolute atomic E-state index is 12.4. The van der Waals surface area contributed by atoms with Crippen LogP contribution in [-0.4, -0.2) is 26.4 Å². The van der Waals surface area contributed by atoms with Crippen molar-refractivity contribution >= 4 is 17.4 Å². The fourth-order valence-corrected chi connectivity index (χ4v) is 3.05. The second-order valence-corrected chi connectivity index (χ2v) is 6.00. The normalized spacial score (nSPS) is 24.6. The Hall–Kier alpha value is -1.75. The fraction of sp³-hybridized carbons (Fsp3) is 0.429. The third-order valence-corrected chi connectivity index (χ3v) is 4.45. The van der Waals surface area contributed by atoms with Crippen LogP contribution in [0.3, 0.4) is 0 Å². The van der Waals surface area contributed by atoms with Crippen LogP contribution in [0.5, 0.6) is 0 Å². The summed E-state index contributed by atoms with van der Waals surface area (Å²) >= 11 is 6.28. The summed E-state index contributed by atoms with van der Waals surface area (Å²) in [6.45, 7) is 0. The van der Waals surface area contributed by atoms with Gasteiger partial charge in [0.15, 0.2) is 11.6 Å². The molecule has 0 aliphatic heterocycles. The summed E-state index contributed by atoms with van der Waals surface area (Å²) in [4.78, 5) is 12.4. The van der Waals surface area contributed by atoms with Crippen molar-refractivity contribution in [3.8, 4) is 0 Å². The summed E-state index contributed by atoms with van der Waals surface area (Å²) in [5.74, 6) is 1.42. The number of tetrazole rings is 1. The van der Waals surface area contributed by atoms with Gasteiger partial charge < -0.3 is 0 Å². The molecular formula is C14H13ClN4O. The highest BCUT2D eigenvalue weighted by atomic mass is 35.5. The van der Waals surface area contributed by atoms with Crippen LogP contribution in [-0.2, 0) is 0 Å². The number of nitrogens with zero attached hydrogens (tertiary/aromatic N) is 3. The van der Waals surface area contributed by atoms with Crippen molar-refractivity contribution in [3.05, 3.63) is 40.2 Å². The van der Waals surface area contributed by atoms with Gasteiger partial charge in [-0.25, -0.2) is 0 Å². The van der Waals surface area contributed by atoms with E-state index < -0.39 is 0 Å². The van der Waals surface area contributed by atoms with E-state index in [1.54, 1.807) is 0 Å². The quantitative estimate of drug-likeness (QED) is 0.878. The van der Waals surface area contributed by atoms with Crippen LogP contribution < -0.4 is 0 Å². The highest BCUT2D eigenvalue weighted by Crippen LogP contribution is 2.48. The van der Waals surface area contributed by atoms with Gasteiger partial charge in [0.2, 0.25) is 0 Å². The molecule has 1 aromatic carbocycles. The van der Waals surface area contributed by atoms with Crippen LogP contribution in [0.15, 0.2) is 18.2 Å². The number of rotatable bonds is 4. The van der Waals surface area contributed by atoms with Crippen LogP contribution in [0.2, 0.25) is 5.02 Å². The molecule has 0 bridgehead atoms. The molecule has 2 fully saturated rings. The summed E-state index contributed by atoms with van der Waals surface area (Å²) in [5.41, 5.74) is 1.86. The van der Waals surface area contributed by atoms with Gasteiger partial charge >= 0.3 is 0 Å². The SMILES string of the molecule is O=C(c1ccc(C2CC2)c(Cl)c1)C1CC1c1nn[nH]n1. The lowest BCUT2D eigenvalue weighted by Gasteiger charge is -2.05. The maximum Gasteiger partial charge on any atom is 0.178 e. The number of halogens is 1. The Morgan fingerprint density at radius 3 is 2.85 bits per heavy atom. The molecule has 0 amide bonds. The first-order chi connectivity index (χ1) is 9.74. The lowest BCUT2D eigenvalue weighted by molar-refractivity contribution is 0.0965. The minimum Gasteiger partial charge on any atom is -0.294 e. The summed E-state index contributed by atoms with van der Waals surface area (Å²) in [5, 5.41) is 14.6. The van der Waals surface area contributed by atoms with E-state index in [1.807, 2.05) is 18.2 Å². The number of Topliss-reactive ketones (excluding diaryl/α,β-unsaturated/α-hetero) is 1. The molecule has 5 nitrogen and oxygen atoms in total. The summed E-state index contributed by atoms with van der Waals surface area (Å²) in [6.07, 6.45) is 3.20. The number of benzene rings is 1. The maximum atomic E-state index is 12.4. The van der Waals surface area contributed by atoms with E-state index in [-0.39, 0.29) is 17.6 Å². The number of H-pyrrole nitrogens is 1. The van der Waals surface area contributed by atoms with E-state index in [0.29, 0.717) is 17.3 Å². The van der Waals surface area contributed by atoms with Crippen molar-refractivity contribution in [1.82, 2.24) is 20.6 Å². The predicted molar refractivity (Wildman–Crippen MR) is 72.8 cm³/mol. The van der Waals surface area contributed by atoms with Gasteiger partial charge in [-0.3, -0.25) is 4.79 Å². The molecule has 2 aliphatic rings. The molecule has 6 heteroatoms. The van der Waals surface area contributed by atoms with Crippen molar-refractivity contribution in [3.63, 3.8) is 0 Å². The van der Waals surface area contributed by atoms with Crippen molar-refractivity contribution in [2.24, 2.45) is 5.92 Å². The van der Waals surface area contributed by atoms with Crippen LogP contribution in [0, 0.1) is 5.92 Å². The second kappa shape index (κ2) is 4.38. The van der Waals surface area contributed by atoms with Crippen molar-refractivity contribution in [1.29, 1.82) is 0 Å². The number of hydrogen-bond acceptors (Lipinski definition) is 4. The van der Waals surface area contributed by atoms with Crippen LogP contribution in [0.4, 0.5) is 0 Å². The molecule has 0 saturated heterocycles. The molecule has 0 spiro atoms. The molecule has 20 heavy (non-hydrogen) atoms. The molecule has 1 aromatic heterocycles. The van der Waals surface area contributed by atoms with E-state index in [0.717, 1.165) is 11.4 Å². The Morgan fingerprint density at radius 2 is 2.20 bits per heavy atom. The molecule has 2 aliphatic carbocycles. The molecule has 102 valence electrons. The Labute approximate surface area is 120 Å². The van der Waals surface area contributed by atoms with Crippen molar-refractivity contribution in [2.45, 2.75) is 31.1 Å². The first kappa shape index (κ1) is 12.0. The summed E-state index contributed by atoms with van der Waals surface area (Å²) in [6, 6.07) is 5.70. The molecule has 0 radical (unpaired) electrons. The zero-order chi connectivity index (χ0) is 13.7. The van der Waals surface area contributed by atoms with Crippen LogP contribution >= 0.6 is 11.6 Å². The van der Waals surface area contributed by atoms with Gasteiger partial charge in [-0.2, -0.15) is 5.21 Å². The Morgan fingerprint density at radius 1 is 1.35 bits per heavy atom. The number of carbonyl (C=O) groups excluding carboxylic acids is 1. The minimum atomic E-state index is -0.0320. The molecular weight excluding hydrogens is 276 g/mol. The number of ketones is 1. The average Bonchev–Trinajstić information content (AvgIpc) is 3.38. The second-order valence-electron chi connectivity index (χ2n) is 5.59. The Bertz CT molecular complexity index is 666. The number of aromatic amines is 1. The standard InChI is InChI=1S/C14H13ClN4O/c15-12-5-8(3-4-9(12)7-1-2-7)13(20)10-6-11(10)14-16-18-19-17-14/h3-5,7,10-11H,1-2,6H2,(H,16,17,18,19). The third-order valence-electron chi connectivity index (χ3n) is 4.12. The lowest BCUT2D eigenvalue weighted by Crippen LogP contribution is -2.04. The fourth-order valence-electron chi connectivity index (χ4n) is 2.72. The minimum absolute atomic E-state index is 0.0320. The van der Waals surface area contributed by atoms with Crippen molar-refractivity contribution < 1.29 is 4.79 Å². The molecule has 2 atom stereocenters. The smallest absolute Gasteiger partial charge is 0.178 e. The highest BCUT2D eigenvalue weighted by Gasteiger charge is 2.46. The highest BCUT2D eigenvalue weighted by molar-refractivity contribution is 6.31. The van der Waals surface area contributed by atoms with E-state index in [2.05, 4.69) is 20.6 Å². The molecule has 2 saturated carbocycles. The molecule has 1 heterocycles. The van der Waals surface area contributed by atoms with Crippen LogP contribution in [0.25, 0.3) is 0 Å². The van der Waals surface area contributed by atoms with Gasteiger partial charge in [-0.05, 0) is 36.8 Å². The van der Waals surface area contributed by atoms with Crippen molar-refractivity contribution in [2.75, 3.05) is 0 Å². The first-order valence-electron chi connectivity index (χ1n) is 6.81. The summed E-state index contributed by atoms with van der Waals surface area (Å²) < 4.78 is 0. The third kappa shape index (κ3) is 2.02. The van der Waals surface area contributed by atoms with E-state index in [9.17, 15) is 4.79 Å². The first-order valence-corrected chi connectivity index (χ1v) is 7.19. The van der Waals surface area contributed by atoms with Gasteiger partial charge in [-0.1, -0.05) is 28.9 Å². The molecule has 1 N–H and O–H groups in total. The van der Waals surface area contributed by atoms with Crippen LogP contribution in [0.1, 0.15) is 52.8 Å². The summed E-state index contributed by atoms with van der Waals surface area (Å²) in [7, 11) is 0.